The third kappa shape index (κ3) is 3.94. The van der Waals surface area contributed by atoms with Crippen molar-refractivity contribution in [1.82, 2.24) is 0 Å². The van der Waals surface area contributed by atoms with E-state index >= 15 is 0 Å². The first-order valence-electron chi connectivity index (χ1n) is 4.75. The molecular weight excluding hydrogens is 224 g/mol. The number of azo groups is 1. The van der Waals surface area contributed by atoms with Gasteiger partial charge >= 0.3 is 5.97 Å². The Morgan fingerprint density at radius 1 is 1.18 bits per heavy atom. The summed E-state index contributed by atoms with van der Waals surface area (Å²) in [6, 6.07) is 5.68. The van der Waals surface area contributed by atoms with Crippen molar-refractivity contribution in [3.63, 3.8) is 0 Å². The molecule has 0 atom stereocenters. The Balaban J connectivity index is 2.63. The zero-order chi connectivity index (χ0) is 12.8. The summed E-state index contributed by atoms with van der Waals surface area (Å²) >= 11 is 0. The molecule has 0 heterocycles. The highest BCUT2D eigenvalue weighted by Gasteiger charge is 2.05. The van der Waals surface area contributed by atoms with Gasteiger partial charge in [0.05, 0.1) is 11.3 Å². The minimum absolute atomic E-state index is 0.142. The second kappa shape index (κ2) is 5.64. The maximum Gasteiger partial charge on any atom is 0.335 e. The van der Waals surface area contributed by atoms with Gasteiger partial charge in [-0.3, -0.25) is 9.59 Å². The van der Waals surface area contributed by atoms with Gasteiger partial charge in [0.2, 0.25) is 5.78 Å². The Kier molecular flexibility index (Phi) is 4.21. The van der Waals surface area contributed by atoms with Crippen LogP contribution in [0.5, 0.6) is 0 Å². The highest BCUT2D eigenvalue weighted by atomic mass is 16.4. The maximum atomic E-state index is 10.9. The minimum Gasteiger partial charge on any atom is -0.478 e. The Morgan fingerprint density at radius 3 is 2.24 bits per heavy atom. The molecule has 17 heavy (non-hydrogen) atoms. The predicted octanol–water partition coefficient (Wildman–Crippen LogP) is 1.63. The van der Waals surface area contributed by atoms with Crippen LogP contribution in [0, 0.1) is 0 Å². The lowest BCUT2D eigenvalue weighted by Gasteiger charge is -1.94. The number of carboxylic acid groups (broad SMARTS) is 1. The lowest BCUT2D eigenvalue weighted by atomic mass is 10.2. The summed E-state index contributed by atoms with van der Waals surface area (Å²) in [6.07, 6.45) is 0. The molecule has 88 valence electrons. The number of carbonyl (C=O) groups is 3. The number of benzene rings is 1. The third-order valence-electron chi connectivity index (χ3n) is 1.91. The topological polar surface area (TPSA) is 96.2 Å². The van der Waals surface area contributed by atoms with Crippen LogP contribution in [0.25, 0.3) is 0 Å². The van der Waals surface area contributed by atoms with Crippen LogP contribution in [-0.4, -0.2) is 29.2 Å². The molecule has 1 rings (SSSR count). The van der Waals surface area contributed by atoms with E-state index in [-0.39, 0.29) is 12.1 Å². The first-order chi connectivity index (χ1) is 8.00. The highest BCUT2D eigenvalue weighted by Crippen LogP contribution is 2.13. The second-order valence-corrected chi connectivity index (χ2v) is 3.23. The molecule has 1 aromatic rings. The van der Waals surface area contributed by atoms with Crippen LogP contribution in [0.2, 0.25) is 0 Å². The van der Waals surface area contributed by atoms with E-state index in [0.29, 0.717) is 5.69 Å². The van der Waals surface area contributed by atoms with Gasteiger partial charge in [-0.15, -0.1) is 0 Å². The number of aromatic carboxylic acids is 1. The lowest BCUT2D eigenvalue weighted by Crippen LogP contribution is -2.11. The van der Waals surface area contributed by atoms with Gasteiger partial charge in [0.15, 0.2) is 5.78 Å². The van der Waals surface area contributed by atoms with Gasteiger partial charge < -0.3 is 5.11 Å². The van der Waals surface area contributed by atoms with Crippen LogP contribution in [0.4, 0.5) is 5.69 Å². The molecule has 0 spiro atoms. The van der Waals surface area contributed by atoms with E-state index in [9.17, 15) is 14.4 Å². The van der Waals surface area contributed by atoms with E-state index in [1.165, 1.54) is 31.2 Å². The van der Waals surface area contributed by atoms with Crippen molar-refractivity contribution < 1.29 is 19.5 Å². The predicted molar refractivity (Wildman–Crippen MR) is 58.5 cm³/mol. The minimum atomic E-state index is -1.03. The van der Waals surface area contributed by atoms with E-state index in [0.717, 1.165) is 0 Å². The largest absolute Gasteiger partial charge is 0.478 e. The number of nitrogens with zero attached hydrogens (tertiary/aromatic N) is 2. The first-order valence-corrected chi connectivity index (χ1v) is 4.75. The van der Waals surface area contributed by atoms with Gasteiger partial charge in [-0.2, -0.15) is 10.2 Å². The Labute approximate surface area is 97.0 Å². The van der Waals surface area contributed by atoms with Crippen molar-refractivity contribution in [1.29, 1.82) is 0 Å². The van der Waals surface area contributed by atoms with Crippen LogP contribution in [0.15, 0.2) is 34.5 Å². The SMILES string of the molecule is CC(=O)C(=O)CN=Nc1ccc(C(=O)O)cc1. The van der Waals surface area contributed by atoms with Crippen LogP contribution in [0.1, 0.15) is 17.3 Å². The van der Waals surface area contributed by atoms with Crippen LogP contribution < -0.4 is 0 Å². The number of rotatable bonds is 5. The van der Waals surface area contributed by atoms with Crippen molar-refractivity contribution in [2.24, 2.45) is 10.2 Å². The molecular formula is C11H10N2O4. The quantitative estimate of drug-likeness (QED) is 0.618. The first kappa shape index (κ1) is 12.7. The van der Waals surface area contributed by atoms with E-state index in [1.54, 1.807) is 0 Å². The number of hydrogen-bond acceptors (Lipinski definition) is 5. The summed E-state index contributed by atoms with van der Waals surface area (Å²) in [5, 5.41) is 15.9. The summed E-state index contributed by atoms with van der Waals surface area (Å²) < 4.78 is 0. The summed E-state index contributed by atoms with van der Waals surface area (Å²) in [5.74, 6) is -2.21. The van der Waals surface area contributed by atoms with Crippen LogP contribution in [0.3, 0.4) is 0 Å². The molecule has 6 heteroatoms. The van der Waals surface area contributed by atoms with E-state index < -0.39 is 17.5 Å². The van der Waals surface area contributed by atoms with Crippen molar-refractivity contribution >= 4 is 23.2 Å². The molecule has 0 aromatic heterocycles. The summed E-state index contributed by atoms with van der Waals surface area (Å²) in [4.78, 5) is 32.0. The molecule has 0 radical (unpaired) electrons. The highest BCUT2D eigenvalue weighted by molar-refractivity contribution is 6.37. The number of Topliss-reactive ketones (excluding diaryl/α,β-unsaturated/α-hetero) is 2. The molecule has 1 aromatic carbocycles. The molecule has 0 unspecified atom stereocenters. The van der Waals surface area contributed by atoms with Crippen molar-refractivity contribution in [2.45, 2.75) is 6.92 Å². The molecule has 0 amide bonds. The molecule has 0 aliphatic carbocycles. The molecule has 0 saturated heterocycles. The standard InChI is InChI=1S/C11H10N2O4/c1-7(14)10(15)6-12-13-9-4-2-8(3-5-9)11(16)17/h2-5H,6H2,1H3,(H,16,17). The summed E-state index contributed by atoms with van der Waals surface area (Å²) in [6.45, 7) is 0.871. The normalized spacial score (nSPS) is 10.4. The van der Waals surface area contributed by atoms with Crippen LogP contribution >= 0.6 is 0 Å². The van der Waals surface area contributed by atoms with Crippen molar-refractivity contribution in [2.75, 3.05) is 6.54 Å². The average molecular weight is 234 g/mol. The second-order valence-electron chi connectivity index (χ2n) is 3.23. The van der Waals surface area contributed by atoms with Crippen molar-refractivity contribution in [3.05, 3.63) is 29.8 Å². The van der Waals surface area contributed by atoms with Gasteiger partial charge in [-0.25, -0.2) is 4.79 Å². The van der Waals surface area contributed by atoms with Gasteiger partial charge in [0, 0.05) is 6.92 Å². The lowest BCUT2D eigenvalue weighted by molar-refractivity contribution is -0.134. The van der Waals surface area contributed by atoms with Gasteiger partial charge in [0.25, 0.3) is 0 Å². The van der Waals surface area contributed by atoms with Gasteiger partial charge in [-0.05, 0) is 24.3 Å². The summed E-state index contributed by atoms with van der Waals surface area (Å²) in [5.41, 5.74) is 0.565. The molecule has 0 fully saturated rings. The molecule has 0 saturated carbocycles. The van der Waals surface area contributed by atoms with Crippen LogP contribution in [-0.2, 0) is 9.59 Å². The fraction of sp³-hybridized carbons (Fsp3) is 0.182. The molecule has 1 N–H and O–H groups in total. The zero-order valence-corrected chi connectivity index (χ0v) is 9.08. The number of ketones is 2. The Bertz CT molecular complexity index is 477. The Morgan fingerprint density at radius 2 is 1.76 bits per heavy atom. The zero-order valence-electron chi connectivity index (χ0n) is 9.08. The van der Waals surface area contributed by atoms with Gasteiger partial charge in [0.1, 0.15) is 6.54 Å². The Hall–Kier alpha value is -2.37. The number of carbonyl (C=O) groups excluding carboxylic acids is 2. The third-order valence-corrected chi connectivity index (χ3v) is 1.91. The molecule has 0 aliphatic heterocycles. The number of carboxylic acids is 1. The maximum absolute atomic E-state index is 10.9. The average Bonchev–Trinajstić information content (AvgIpc) is 2.29. The van der Waals surface area contributed by atoms with E-state index in [4.69, 9.17) is 5.11 Å². The van der Waals surface area contributed by atoms with Gasteiger partial charge in [-0.1, -0.05) is 0 Å². The molecule has 6 nitrogen and oxygen atoms in total. The fourth-order valence-corrected chi connectivity index (χ4v) is 0.963. The number of hydrogen-bond donors (Lipinski definition) is 1. The summed E-state index contributed by atoms with van der Waals surface area (Å²) in [7, 11) is 0. The van der Waals surface area contributed by atoms with E-state index in [2.05, 4.69) is 10.2 Å². The smallest absolute Gasteiger partial charge is 0.335 e. The van der Waals surface area contributed by atoms with Crippen molar-refractivity contribution in [3.8, 4) is 0 Å². The van der Waals surface area contributed by atoms with E-state index in [1.807, 2.05) is 0 Å². The molecule has 0 bridgehead atoms. The molecule has 0 aliphatic rings. The fourth-order valence-electron chi connectivity index (χ4n) is 0.963. The monoisotopic (exact) mass is 234 g/mol.